The van der Waals surface area contributed by atoms with Crippen molar-refractivity contribution in [2.45, 2.75) is 19.1 Å². The van der Waals surface area contributed by atoms with E-state index in [9.17, 15) is 18.0 Å². The fraction of sp³-hybridized carbons (Fsp3) is 0.235. The van der Waals surface area contributed by atoms with Crippen molar-refractivity contribution in [1.29, 1.82) is 0 Å². The number of ether oxygens (including phenoxy) is 1. The number of anilines is 2. The summed E-state index contributed by atoms with van der Waals surface area (Å²) in [5.74, 6) is -0.185. The van der Waals surface area contributed by atoms with E-state index in [1.807, 2.05) is 0 Å². The molecule has 9 heteroatoms. The van der Waals surface area contributed by atoms with Gasteiger partial charge in [0.25, 0.3) is 0 Å². The molecule has 0 aliphatic heterocycles. The molecule has 1 atom stereocenters. The molecular weight excluding hydrogens is 392 g/mol. The molecule has 2 N–H and O–H groups in total. The van der Waals surface area contributed by atoms with Gasteiger partial charge in [-0.05, 0) is 43.3 Å². The van der Waals surface area contributed by atoms with Gasteiger partial charge in [0.05, 0.1) is 23.4 Å². The van der Waals surface area contributed by atoms with Crippen molar-refractivity contribution >= 4 is 40.5 Å². The molecule has 140 valence electrons. The summed E-state index contributed by atoms with van der Waals surface area (Å²) in [4.78, 5) is 12.3. The Bertz CT molecular complexity index is 813. The van der Waals surface area contributed by atoms with E-state index in [-0.39, 0.29) is 10.7 Å². The topological polar surface area (TPSA) is 50.4 Å². The molecule has 0 aliphatic carbocycles. The van der Waals surface area contributed by atoms with Gasteiger partial charge in [-0.2, -0.15) is 13.2 Å². The Kier molecular flexibility index (Phi) is 6.26. The Morgan fingerprint density at radius 2 is 1.85 bits per heavy atom. The SMILES string of the molecule is COc1ccc(NC(C)C(=O)Nc2ccc(Cl)cc2C(F)(F)F)cc1Cl. The number of hydrogen-bond donors (Lipinski definition) is 2. The van der Waals surface area contributed by atoms with Crippen LogP contribution >= 0.6 is 23.2 Å². The molecule has 1 unspecified atom stereocenters. The monoisotopic (exact) mass is 406 g/mol. The molecule has 0 aromatic heterocycles. The van der Waals surface area contributed by atoms with Crippen molar-refractivity contribution in [2.75, 3.05) is 17.7 Å². The van der Waals surface area contributed by atoms with Gasteiger partial charge in [-0.3, -0.25) is 4.79 Å². The van der Waals surface area contributed by atoms with Crippen molar-refractivity contribution in [3.8, 4) is 5.75 Å². The summed E-state index contributed by atoms with van der Waals surface area (Å²) in [6, 6.07) is 7.12. The van der Waals surface area contributed by atoms with Crippen LogP contribution in [0.15, 0.2) is 36.4 Å². The molecule has 4 nitrogen and oxygen atoms in total. The first-order valence-electron chi connectivity index (χ1n) is 7.39. The first-order chi connectivity index (χ1) is 12.1. The van der Waals surface area contributed by atoms with E-state index >= 15 is 0 Å². The van der Waals surface area contributed by atoms with Gasteiger partial charge in [0, 0.05) is 10.7 Å². The summed E-state index contributed by atoms with van der Waals surface area (Å²) >= 11 is 11.6. The molecule has 0 spiro atoms. The highest BCUT2D eigenvalue weighted by molar-refractivity contribution is 6.32. The number of carbonyl (C=O) groups excluding carboxylic acids is 1. The van der Waals surface area contributed by atoms with Crippen LogP contribution in [0.3, 0.4) is 0 Å². The minimum atomic E-state index is -4.65. The van der Waals surface area contributed by atoms with E-state index in [2.05, 4.69) is 10.6 Å². The summed E-state index contributed by atoms with van der Waals surface area (Å²) in [6.07, 6.45) is -4.65. The molecule has 0 radical (unpaired) electrons. The number of hydrogen-bond acceptors (Lipinski definition) is 3. The van der Waals surface area contributed by atoms with E-state index < -0.39 is 23.7 Å². The van der Waals surface area contributed by atoms with Gasteiger partial charge in [-0.1, -0.05) is 23.2 Å². The molecule has 2 rings (SSSR count). The first-order valence-corrected chi connectivity index (χ1v) is 8.15. The minimum Gasteiger partial charge on any atom is -0.495 e. The number of amides is 1. The standard InChI is InChI=1S/C17H15Cl2F3N2O2/c1-9(23-11-4-6-15(26-2)13(19)8-11)16(25)24-14-5-3-10(18)7-12(14)17(20,21)22/h3-9,23H,1-2H3,(H,24,25). The van der Waals surface area contributed by atoms with Gasteiger partial charge in [0.2, 0.25) is 5.91 Å². The maximum atomic E-state index is 13.1. The summed E-state index contributed by atoms with van der Waals surface area (Å²) in [5.41, 5.74) is -0.864. The second-order valence-electron chi connectivity index (χ2n) is 5.39. The van der Waals surface area contributed by atoms with E-state index in [0.717, 1.165) is 12.1 Å². The zero-order chi connectivity index (χ0) is 19.5. The number of carbonyl (C=O) groups is 1. The fourth-order valence-electron chi connectivity index (χ4n) is 2.17. The normalized spacial score (nSPS) is 12.4. The van der Waals surface area contributed by atoms with Gasteiger partial charge in [-0.25, -0.2) is 0 Å². The number of alkyl halides is 3. The molecule has 0 fully saturated rings. The second-order valence-corrected chi connectivity index (χ2v) is 6.24. The van der Waals surface area contributed by atoms with Crippen LogP contribution in [0.1, 0.15) is 12.5 Å². The van der Waals surface area contributed by atoms with Crippen LogP contribution in [0.4, 0.5) is 24.5 Å². The van der Waals surface area contributed by atoms with Crippen LogP contribution in [-0.4, -0.2) is 19.1 Å². The molecule has 1 amide bonds. The van der Waals surface area contributed by atoms with Crippen LogP contribution in [-0.2, 0) is 11.0 Å². The number of methoxy groups -OCH3 is 1. The van der Waals surface area contributed by atoms with E-state index in [1.54, 1.807) is 18.2 Å². The van der Waals surface area contributed by atoms with Crippen LogP contribution < -0.4 is 15.4 Å². The number of rotatable bonds is 5. The molecule has 0 bridgehead atoms. The molecular formula is C17H15Cl2F3N2O2. The summed E-state index contributed by atoms with van der Waals surface area (Å²) < 4.78 is 44.3. The zero-order valence-electron chi connectivity index (χ0n) is 13.7. The zero-order valence-corrected chi connectivity index (χ0v) is 15.3. The van der Waals surface area contributed by atoms with Crippen LogP contribution in [0.25, 0.3) is 0 Å². The fourth-order valence-corrected chi connectivity index (χ4v) is 2.60. The lowest BCUT2D eigenvalue weighted by molar-refractivity contribution is -0.137. The van der Waals surface area contributed by atoms with Gasteiger partial charge < -0.3 is 15.4 Å². The van der Waals surface area contributed by atoms with E-state index in [1.165, 1.54) is 20.1 Å². The van der Waals surface area contributed by atoms with Crippen molar-refractivity contribution < 1.29 is 22.7 Å². The highest BCUT2D eigenvalue weighted by atomic mass is 35.5. The van der Waals surface area contributed by atoms with Gasteiger partial charge in [0.1, 0.15) is 11.8 Å². The van der Waals surface area contributed by atoms with Crippen molar-refractivity contribution in [1.82, 2.24) is 0 Å². The third kappa shape index (κ3) is 4.95. The molecule has 26 heavy (non-hydrogen) atoms. The average Bonchev–Trinajstić information content (AvgIpc) is 2.55. The van der Waals surface area contributed by atoms with Gasteiger partial charge >= 0.3 is 6.18 Å². The Hall–Kier alpha value is -2.12. The van der Waals surface area contributed by atoms with Crippen molar-refractivity contribution in [2.24, 2.45) is 0 Å². The third-order valence-electron chi connectivity index (χ3n) is 3.47. The van der Waals surface area contributed by atoms with Gasteiger partial charge in [-0.15, -0.1) is 0 Å². The quantitative estimate of drug-likeness (QED) is 0.692. The van der Waals surface area contributed by atoms with Crippen LogP contribution in [0.5, 0.6) is 5.75 Å². The maximum absolute atomic E-state index is 13.1. The van der Waals surface area contributed by atoms with Crippen LogP contribution in [0, 0.1) is 0 Å². The van der Waals surface area contributed by atoms with Crippen molar-refractivity contribution in [3.63, 3.8) is 0 Å². The lowest BCUT2D eigenvalue weighted by atomic mass is 10.1. The number of halogens is 5. The summed E-state index contributed by atoms with van der Waals surface area (Å²) in [7, 11) is 1.47. The molecule has 0 aliphatic rings. The Morgan fingerprint density at radius 3 is 2.42 bits per heavy atom. The summed E-state index contributed by atoms with van der Waals surface area (Å²) in [5, 5.41) is 5.39. The molecule has 2 aromatic rings. The lowest BCUT2D eigenvalue weighted by Gasteiger charge is -2.18. The average molecular weight is 407 g/mol. The third-order valence-corrected chi connectivity index (χ3v) is 4.00. The molecule has 2 aromatic carbocycles. The smallest absolute Gasteiger partial charge is 0.418 e. The lowest BCUT2D eigenvalue weighted by Crippen LogP contribution is -2.32. The highest BCUT2D eigenvalue weighted by Crippen LogP contribution is 2.36. The van der Waals surface area contributed by atoms with Crippen LogP contribution in [0.2, 0.25) is 10.0 Å². The molecule has 0 saturated heterocycles. The predicted octanol–water partition coefficient (Wildman–Crippen LogP) is 5.46. The van der Waals surface area contributed by atoms with E-state index in [4.69, 9.17) is 27.9 Å². The summed E-state index contributed by atoms with van der Waals surface area (Å²) in [6.45, 7) is 1.51. The first kappa shape index (κ1) is 20.2. The largest absolute Gasteiger partial charge is 0.495 e. The van der Waals surface area contributed by atoms with E-state index in [0.29, 0.717) is 16.5 Å². The maximum Gasteiger partial charge on any atom is 0.418 e. The Balaban J connectivity index is 2.14. The van der Waals surface area contributed by atoms with Crippen molar-refractivity contribution in [3.05, 3.63) is 52.0 Å². The Morgan fingerprint density at radius 1 is 1.15 bits per heavy atom. The number of nitrogens with one attached hydrogen (secondary N) is 2. The predicted molar refractivity (Wildman–Crippen MR) is 96.2 cm³/mol. The second kappa shape index (κ2) is 8.05. The highest BCUT2D eigenvalue weighted by Gasteiger charge is 2.34. The molecule has 0 heterocycles. The minimum absolute atomic E-state index is 0.0747. The number of benzene rings is 2. The Labute approximate surface area is 158 Å². The van der Waals surface area contributed by atoms with Gasteiger partial charge in [0.15, 0.2) is 0 Å². The molecule has 0 saturated carbocycles.